The third kappa shape index (κ3) is 8.36. The fraction of sp³-hybridized carbons (Fsp3) is 0.643. The van der Waals surface area contributed by atoms with Crippen LogP contribution in [-0.2, 0) is 35.6 Å². The molecule has 60 heavy (non-hydrogen) atoms. The van der Waals surface area contributed by atoms with E-state index in [0.717, 1.165) is 25.7 Å². The average molecular weight is 862 g/mol. The standard InChI is InChI=1S/C42H54F3N5O9S/c1-24-11-6-7-12-26-21-42(26,37(53)49-60(55,56)41(23-43)16-17-41)48-34(51)31-20-27(58-35-29-14-9-8-13-28(29)33-30(46-35)15-10-18-57-33)22-50(31)36(52)32(25(2)19-24)47-38(54)59-39(3,4)40(5,44)45/h7-9,12-14,24-27,31-32H,6,10-11,15-23H2,1-5H3,(H,47,54)(H,48,51)(H,49,53)/b12-7-/t24-,25-,26-,27-,31+,32+,42-/m1/s1. The summed E-state index contributed by atoms with van der Waals surface area (Å²) in [7, 11) is -4.44. The first-order chi connectivity index (χ1) is 28.2. The molecule has 4 amide bonds. The van der Waals surface area contributed by atoms with Gasteiger partial charge in [0, 0.05) is 30.0 Å². The number of alkyl carbamates (subject to hydrolysis) is 1. The summed E-state index contributed by atoms with van der Waals surface area (Å²) >= 11 is 0. The Morgan fingerprint density at radius 2 is 1.82 bits per heavy atom. The summed E-state index contributed by atoms with van der Waals surface area (Å²) in [5, 5.41) is 6.75. The molecule has 3 aliphatic heterocycles. The van der Waals surface area contributed by atoms with E-state index < -0.39 is 92.3 Å². The van der Waals surface area contributed by atoms with Gasteiger partial charge >= 0.3 is 6.09 Å². The number of fused-ring (bicyclic) bond motifs is 5. The second-order valence-electron chi connectivity index (χ2n) is 17.9. The molecule has 7 atom stereocenters. The van der Waals surface area contributed by atoms with Gasteiger partial charge in [-0.2, -0.15) is 0 Å². The van der Waals surface area contributed by atoms with E-state index in [9.17, 15) is 40.8 Å². The number of ether oxygens (including phenoxy) is 3. The number of hydrogen-bond donors (Lipinski definition) is 3. The topological polar surface area (TPSA) is 182 Å². The number of allylic oxidation sites excluding steroid dienone is 1. The summed E-state index contributed by atoms with van der Waals surface area (Å²) in [6.45, 7) is 5.64. The molecule has 18 heteroatoms. The summed E-state index contributed by atoms with van der Waals surface area (Å²) in [6, 6.07) is 4.74. The van der Waals surface area contributed by atoms with Gasteiger partial charge in [0.15, 0.2) is 5.60 Å². The quantitative estimate of drug-likeness (QED) is 0.281. The highest BCUT2D eigenvalue weighted by Gasteiger charge is 2.64. The summed E-state index contributed by atoms with van der Waals surface area (Å²) < 4.78 is 87.3. The number of carbonyl (C=O) groups excluding carboxylic acids is 4. The van der Waals surface area contributed by atoms with Crippen molar-refractivity contribution in [2.75, 3.05) is 19.8 Å². The summed E-state index contributed by atoms with van der Waals surface area (Å²) in [5.74, 6) is -6.21. The molecule has 3 fully saturated rings. The van der Waals surface area contributed by atoms with Crippen molar-refractivity contribution in [2.24, 2.45) is 17.8 Å². The van der Waals surface area contributed by atoms with E-state index in [1.54, 1.807) is 13.0 Å². The Labute approximate surface area is 347 Å². The van der Waals surface area contributed by atoms with Gasteiger partial charge in [0.1, 0.15) is 40.9 Å². The van der Waals surface area contributed by atoms with Crippen molar-refractivity contribution in [1.29, 1.82) is 0 Å². The van der Waals surface area contributed by atoms with Crippen LogP contribution in [0.2, 0.25) is 0 Å². The largest absolute Gasteiger partial charge is 0.491 e. The van der Waals surface area contributed by atoms with Gasteiger partial charge in [-0.05, 0) is 83.1 Å². The molecule has 0 spiro atoms. The first kappa shape index (κ1) is 43.5. The maximum atomic E-state index is 14.9. The van der Waals surface area contributed by atoms with Crippen LogP contribution in [0.5, 0.6) is 11.6 Å². The van der Waals surface area contributed by atoms with Gasteiger partial charge < -0.3 is 29.7 Å². The number of nitrogens with one attached hydrogen (secondary N) is 3. The van der Waals surface area contributed by atoms with E-state index in [-0.39, 0.29) is 44.0 Å². The molecule has 0 radical (unpaired) electrons. The highest BCUT2D eigenvalue weighted by atomic mass is 32.2. The molecule has 4 heterocycles. The molecule has 2 aliphatic carbocycles. The van der Waals surface area contributed by atoms with Crippen LogP contribution in [0, 0.1) is 17.8 Å². The summed E-state index contributed by atoms with van der Waals surface area (Å²) in [4.78, 5) is 62.9. The number of alkyl halides is 3. The number of rotatable bonds is 9. The number of aromatic nitrogens is 1. The minimum absolute atomic E-state index is 0.00953. The number of sulfonamides is 1. The molecule has 14 nitrogen and oxygen atoms in total. The van der Waals surface area contributed by atoms with Crippen molar-refractivity contribution in [2.45, 2.75) is 132 Å². The maximum Gasteiger partial charge on any atom is 0.408 e. The Morgan fingerprint density at radius 3 is 2.50 bits per heavy atom. The van der Waals surface area contributed by atoms with Gasteiger partial charge in [0.25, 0.3) is 11.8 Å². The van der Waals surface area contributed by atoms with Crippen molar-refractivity contribution in [3.05, 3.63) is 42.1 Å². The van der Waals surface area contributed by atoms with Crippen LogP contribution in [0.3, 0.4) is 0 Å². The van der Waals surface area contributed by atoms with Crippen molar-refractivity contribution in [3.8, 4) is 11.6 Å². The number of pyridine rings is 1. The molecule has 1 saturated heterocycles. The first-order valence-electron chi connectivity index (χ1n) is 20.7. The van der Waals surface area contributed by atoms with Crippen molar-refractivity contribution in [3.63, 3.8) is 0 Å². The van der Waals surface area contributed by atoms with E-state index in [2.05, 4.69) is 15.4 Å². The molecule has 2 saturated carbocycles. The molecule has 7 rings (SSSR count). The van der Waals surface area contributed by atoms with Crippen LogP contribution >= 0.6 is 0 Å². The molecular formula is C42H54F3N5O9S. The zero-order valence-electron chi connectivity index (χ0n) is 34.5. The number of carbonyl (C=O) groups is 4. The zero-order valence-corrected chi connectivity index (χ0v) is 35.3. The van der Waals surface area contributed by atoms with Crippen LogP contribution in [0.1, 0.15) is 91.7 Å². The van der Waals surface area contributed by atoms with Gasteiger partial charge in [-0.1, -0.05) is 44.2 Å². The highest BCUT2D eigenvalue weighted by molar-refractivity contribution is 7.91. The molecule has 0 unspecified atom stereocenters. The lowest BCUT2D eigenvalue weighted by Gasteiger charge is -2.35. The number of hydrogen-bond acceptors (Lipinski definition) is 10. The van der Waals surface area contributed by atoms with Gasteiger partial charge in [-0.25, -0.2) is 31.4 Å². The Bertz CT molecular complexity index is 2180. The fourth-order valence-electron chi connectivity index (χ4n) is 8.48. The molecule has 1 aromatic heterocycles. The minimum atomic E-state index is -4.44. The SMILES string of the molecule is C[C@@H]1CC/C=C\[C@@H]2C[C@@]2(C(=O)NS(=O)(=O)C2(CF)CC2)NC(=O)[C@@H]2C[C@@H](Oc3nc4c(c5ccccc35)OCCC4)CN2C(=O)[C@@H](NC(=O)OC(C)(C)C(C)(F)F)[C@H](C)C1. The third-order valence-corrected chi connectivity index (χ3v) is 15.0. The monoisotopic (exact) mass is 861 g/mol. The molecule has 0 bridgehead atoms. The first-order valence-corrected chi connectivity index (χ1v) is 22.2. The van der Waals surface area contributed by atoms with E-state index in [1.807, 2.05) is 37.3 Å². The van der Waals surface area contributed by atoms with Crippen molar-refractivity contribution < 1.29 is 55.0 Å². The number of nitrogens with zero attached hydrogens (tertiary/aromatic N) is 2. The van der Waals surface area contributed by atoms with Crippen LogP contribution in [0.25, 0.3) is 10.8 Å². The zero-order chi connectivity index (χ0) is 43.4. The molecule has 2 aromatic rings. The fourth-order valence-corrected chi connectivity index (χ4v) is 9.90. The molecule has 5 aliphatic rings. The van der Waals surface area contributed by atoms with E-state index in [0.29, 0.717) is 56.0 Å². The smallest absolute Gasteiger partial charge is 0.408 e. The highest BCUT2D eigenvalue weighted by Crippen LogP contribution is 2.48. The number of halogens is 3. The van der Waals surface area contributed by atoms with Gasteiger partial charge in [0.2, 0.25) is 27.7 Å². The van der Waals surface area contributed by atoms with Gasteiger partial charge in [0.05, 0.1) is 18.8 Å². The van der Waals surface area contributed by atoms with Gasteiger partial charge in [-0.15, -0.1) is 0 Å². The molecule has 1 aromatic carbocycles. The van der Waals surface area contributed by atoms with E-state index >= 15 is 0 Å². The maximum absolute atomic E-state index is 14.9. The molecule has 3 N–H and O–H groups in total. The number of aryl methyl sites for hydroxylation is 1. The van der Waals surface area contributed by atoms with Gasteiger partial charge in [-0.3, -0.25) is 19.1 Å². The van der Waals surface area contributed by atoms with Crippen LogP contribution in [0.15, 0.2) is 36.4 Å². The second-order valence-corrected chi connectivity index (χ2v) is 20.0. The Kier molecular flexibility index (Phi) is 11.6. The molecule has 328 valence electrons. The van der Waals surface area contributed by atoms with E-state index in [1.165, 1.54) is 4.90 Å². The van der Waals surface area contributed by atoms with Crippen LogP contribution in [0.4, 0.5) is 18.0 Å². The third-order valence-electron chi connectivity index (χ3n) is 12.9. The lowest BCUT2D eigenvalue weighted by Crippen LogP contribution is -2.60. The lowest BCUT2D eigenvalue weighted by molar-refractivity contribution is -0.152. The predicted octanol–water partition coefficient (Wildman–Crippen LogP) is 5.27. The Morgan fingerprint density at radius 1 is 1.10 bits per heavy atom. The van der Waals surface area contributed by atoms with Crippen LogP contribution < -0.4 is 24.8 Å². The lowest BCUT2D eigenvalue weighted by atomic mass is 9.88. The normalized spacial score (nSPS) is 29.9. The average Bonchev–Trinajstić information content (AvgIpc) is 4.09. The predicted molar refractivity (Wildman–Crippen MR) is 213 cm³/mol. The van der Waals surface area contributed by atoms with Crippen molar-refractivity contribution >= 4 is 44.6 Å². The Balaban J connectivity index is 1.24. The number of benzene rings is 1. The summed E-state index contributed by atoms with van der Waals surface area (Å²) in [6.07, 6.45) is 4.53. The Hall–Kier alpha value is -4.61. The molecular weight excluding hydrogens is 808 g/mol. The minimum Gasteiger partial charge on any atom is -0.491 e. The van der Waals surface area contributed by atoms with E-state index in [4.69, 9.17) is 19.2 Å². The second kappa shape index (κ2) is 16.0. The van der Waals surface area contributed by atoms with Crippen LogP contribution in [-0.4, -0.2) is 102 Å². The number of amides is 4. The van der Waals surface area contributed by atoms with Crippen molar-refractivity contribution in [1.82, 2.24) is 25.2 Å². The summed E-state index contributed by atoms with van der Waals surface area (Å²) in [5.41, 5.74) is -3.27.